The lowest BCUT2D eigenvalue weighted by molar-refractivity contribution is 0.139. The minimum Gasteiger partial charge on any atom is -0.298 e. The first-order valence-corrected chi connectivity index (χ1v) is 10.5. The van der Waals surface area contributed by atoms with Crippen molar-refractivity contribution in [1.82, 2.24) is 9.21 Å². The van der Waals surface area contributed by atoms with E-state index >= 15 is 0 Å². The second-order valence-electron chi connectivity index (χ2n) is 6.78. The van der Waals surface area contributed by atoms with Crippen molar-refractivity contribution >= 4 is 10.0 Å². The molecule has 0 radical (unpaired) electrons. The number of benzene rings is 1. The van der Waals surface area contributed by atoms with E-state index in [1.165, 1.54) is 31.2 Å². The van der Waals surface area contributed by atoms with Gasteiger partial charge in [-0.2, -0.15) is 4.31 Å². The standard InChI is InChI=1S/C18H28N2O2S/c21-23(22,16-6-9-17-7-2-1-3-8-17)20-14-12-19(13-15-20)18-10-4-5-11-18/h1-3,7-8,18H,4-6,9-16H2. The van der Waals surface area contributed by atoms with Gasteiger partial charge >= 0.3 is 0 Å². The van der Waals surface area contributed by atoms with E-state index in [1.54, 1.807) is 4.31 Å². The molecule has 1 aromatic rings. The zero-order valence-electron chi connectivity index (χ0n) is 13.9. The van der Waals surface area contributed by atoms with Crippen LogP contribution in [0, 0.1) is 0 Å². The lowest BCUT2D eigenvalue weighted by Crippen LogP contribution is -2.51. The van der Waals surface area contributed by atoms with Crippen LogP contribution < -0.4 is 0 Å². The molecule has 0 atom stereocenters. The van der Waals surface area contributed by atoms with E-state index in [-0.39, 0.29) is 5.75 Å². The van der Waals surface area contributed by atoms with E-state index in [0.29, 0.717) is 25.6 Å². The van der Waals surface area contributed by atoms with Crippen molar-refractivity contribution in [2.45, 2.75) is 44.6 Å². The fourth-order valence-corrected chi connectivity index (χ4v) is 5.34. The van der Waals surface area contributed by atoms with E-state index in [9.17, 15) is 8.42 Å². The molecule has 0 aromatic heterocycles. The summed E-state index contributed by atoms with van der Waals surface area (Å²) in [6, 6.07) is 10.8. The summed E-state index contributed by atoms with van der Waals surface area (Å²) in [6.45, 7) is 3.15. The number of sulfonamides is 1. The summed E-state index contributed by atoms with van der Waals surface area (Å²) in [4.78, 5) is 2.50. The lowest BCUT2D eigenvalue weighted by atomic mass is 10.1. The van der Waals surface area contributed by atoms with Crippen molar-refractivity contribution in [3.8, 4) is 0 Å². The molecule has 2 aliphatic rings. The largest absolute Gasteiger partial charge is 0.298 e. The average molecular weight is 337 g/mol. The molecule has 0 unspecified atom stereocenters. The Balaban J connectivity index is 1.44. The van der Waals surface area contributed by atoms with Crippen LogP contribution in [0.1, 0.15) is 37.7 Å². The molecule has 1 aliphatic heterocycles. The topological polar surface area (TPSA) is 40.6 Å². The van der Waals surface area contributed by atoms with Gasteiger partial charge in [-0.3, -0.25) is 4.90 Å². The van der Waals surface area contributed by atoms with Crippen LogP contribution in [0.25, 0.3) is 0 Å². The Labute approximate surface area is 140 Å². The van der Waals surface area contributed by atoms with Crippen LogP contribution in [0.4, 0.5) is 0 Å². The van der Waals surface area contributed by atoms with Crippen molar-refractivity contribution in [2.24, 2.45) is 0 Å². The third-order valence-corrected chi connectivity index (χ3v) is 7.17. The van der Waals surface area contributed by atoms with Crippen LogP contribution in [0.2, 0.25) is 0 Å². The Morgan fingerprint density at radius 1 is 0.957 bits per heavy atom. The molecule has 1 saturated heterocycles. The molecule has 0 spiro atoms. The highest BCUT2D eigenvalue weighted by molar-refractivity contribution is 7.89. The van der Waals surface area contributed by atoms with E-state index in [2.05, 4.69) is 17.0 Å². The van der Waals surface area contributed by atoms with Gasteiger partial charge in [0.1, 0.15) is 0 Å². The van der Waals surface area contributed by atoms with E-state index in [1.807, 2.05) is 18.2 Å². The van der Waals surface area contributed by atoms with Crippen LogP contribution in [0.5, 0.6) is 0 Å². The summed E-state index contributed by atoms with van der Waals surface area (Å²) in [5.41, 5.74) is 1.22. The van der Waals surface area contributed by atoms with Crippen molar-refractivity contribution in [3.63, 3.8) is 0 Å². The SMILES string of the molecule is O=S(=O)(CCCc1ccccc1)N1CCN(C2CCCC2)CC1. The molecule has 1 aliphatic carbocycles. The van der Waals surface area contributed by atoms with Crippen molar-refractivity contribution in [3.05, 3.63) is 35.9 Å². The minimum absolute atomic E-state index is 0.269. The Kier molecular flexibility index (Phi) is 5.72. The van der Waals surface area contributed by atoms with Crippen molar-refractivity contribution < 1.29 is 8.42 Å². The molecular formula is C18H28N2O2S. The maximum Gasteiger partial charge on any atom is 0.214 e. The molecule has 4 nitrogen and oxygen atoms in total. The van der Waals surface area contributed by atoms with Crippen LogP contribution in [0.15, 0.2) is 30.3 Å². The smallest absolute Gasteiger partial charge is 0.214 e. The van der Waals surface area contributed by atoms with Gasteiger partial charge in [-0.1, -0.05) is 43.2 Å². The Bertz CT molecular complexity index is 574. The van der Waals surface area contributed by atoms with Crippen LogP contribution in [0.3, 0.4) is 0 Å². The van der Waals surface area contributed by atoms with Gasteiger partial charge < -0.3 is 0 Å². The molecule has 0 N–H and O–H groups in total. The summed E-state index contributed by atoms with van der Waals surface area (Å²) < 4.78 is 26.7. The normalized spacial score (nSPS) is 21.7. The van der Waals surface area contributed by atoms with Crippen LogP contribution in [-0.2, 0) is 16.4 Å². The zero-order chi connectivity index (χ0) is 16.1. The monoisotopic (exact) mass is 336 g/mol. The average Bonchev–Trinajstić information content (AvgIpc) is 3.10. The molecule has 3 rings (SSSR count). The molecule has 1 saturated carbocycles. The Morgan fingerprint density at radius 3 is 2.26 bits per heavy atom. The third-order valence-electron chi connectivity index (χ3n) is 5.22. The second-order valence-corrected chi connectivity index (χ2v) is 8.87. The molecule has 2 fully saturated rings. The maximum atomic E-state index is 12.5. The molecule has 0 bridgehead atoms. The molecule has 23 heavy (non-hydrogen) atoms. The summed E-state index contributed by atoms with van der Waals surface area (Å²) in [6.07, 6.45) is 6.80. The molecule has 1 aromatic carbocycles. The third kappa shape index (κ3) is 4.55. The van der Waals surface area contributed by atoms with Crippen molar-refractivity contribution in [2.75, 3.05) is 31.9 Å². The molecule has 0 amide bonds. The van der Waals surface area contributed by atoms with Crippen molar-refractivity contribution in [1.29, 1.82) is 0 Å². The van der Waals surface area contributed by atoms with Gasteiger partial charge in [-0.15, -0.1) is 0 Å². The molecule has 1 heterocycles. The van der Waals surface area contributed by atoms with Gasteiger partial charge in [0.2, 0.25) is 10.0 Å². The zero-order valence-corrected chi connectivity index (χ0v) is 14.7. The second kappa shape index (κ2) is 7.77. The number of hydrogen-bond donors (Lipinski definition) is 0. The molecule has 128 valence electrons. The first-order valence-electron chi connectivity index (χ1n) is 8.91. The number of aryl methyl sites for hydroxylation is 1. The molecule has 5 heteroatoms. The number of nitrogens with zero attached hydrogens (tertiary/aromatic N) is 2. The van der Waals surface area contributed by atoms with Gasteiger partial charge in [0, 0.05) is 32.2 Å². The predicted molar refractivity (Wildman–Crippen MR) is 94.0 cm³/mol. The maximum absolute atomic E-state index is 12.5. The van der Waals surface area contributed by atoms with Gasteiger partial charge in [-0.25, -0.2) is 8.42 Å². The van der Waals surface area contributed by atoms with Gasteiger partial charge in [0.25, 0.3) is 0 Å². The van der Waals surface area contributed by atoms with E-state index in [4.69, 9.17) is 0 Å². The van der Waals surface area contributed by atoms with Crippen LogP contribution >= 0.6 is 0 Å². The predicted octanol–water partition coefficient (Wildman–Crippen LogP) is 2.51. The minimum atomic E-state index is -3.09. The molecular weight excluding hydrogens is 308 g/mol. The fourth-order valence-electron chi connectivity index (χ4n) is 3.85. The number of rotatable bonds is 6. The van der Waals surface area contributed by atoms with E-state index in [0.717, 1.165) is 19.5 Å². The Morgan fingerprint density at radius 2 is 1.61 bits per heavy atom. The number of piperazine rings is 1. The summed E-state index contributed by atoms with van der Waals surface area (Å²) in [5.74, 6) is 0.269. The quantitative estimate of drug-likeness (QED) is 0.801. The lowest BCUT2D eigenvalue weighted by Gasteiger charge is -2.37. The highest BCUT2D eigenvalue weighted by atomic mass is 32.2. The van der Waals surface area contributed by atoms with Gasteiger partial charge in [-0.05, 0) is 31.2 Å². The summed E-state index contributed by atoms with van der Waals surface area (Å²) in [5, 5.41) is 0. The first-order chi connectivity index (χ1) is 11.1. The Hall–Kier alpha value is -0.910. The fraction of sp³-hybridized carbons (Fsp3) is 0.667. The highest BCUT2D eigenvalue weighted by Crippen LogP contribution is 2.24. The highest BCUT2D eigenvalue weighted by Gasteiger charge is 2.30. The number of hydrogen-bond acceptors (Lipinski definition) is 3. The summed E-state index contributed by atoms with van der Waals surface area (Å²) >= 11 is 0. The van der Waals surface area contributed by atoms with E-state index < -0.39 is 10.0 Å². The first kappa shape index (κ1) is 16.9. The summed E-state index contributed by atoms with van der Waals surface area (Å²) in [7, 11) is -3.09. The van der Waals surface area contributed by atoms with Gasteiger partial charge in [0.05, 0.1) is 5.75 Å². The van der Waals surface area contributed by atoms with Gasteiger partial charge in [0.15, 0.2) is 0 Å². The van der Waals surface area contributed by atoms with Crippen LogP contribution in [-0.4, -0.2) is 55.6 Å².